The van der Waals surface area contributed by atoms with Crippen molar-refractivity contribution in [1.82, 2.24) is 9.55 Å². The molecule has 25 heavy (non-hydrogen) atoms. The van der Waals surface area contributed by atoms with Crippen LogP contribution in [0.25, 0.3) is 0 Å². The number of halogens is 1. The lowest BCUT2D eigenvalue weighted by molar-refractivity contribution is 0.0491. The minimum Gasteiger partial charge on any atom is -0.373 e. The normalized spacial score (nSPS) is 17.2. The van der Waals surface area contributed by atoms with Gasteiger partial charge in [-0.15, -0.1) is 0 Å². The Morgan fingerprint density at radius 3 is 3.16 bits per heavy atom. The molecular formula is C17H18FN5O2. The summed E-state index contributed by atoms with van der Waals surface area (Å²) in [6.07, 6.45) is 2.92. The molecule has 1 aliphatic heterocycles. The fraction of sp³-hybridized carbons (Fsp3) is 0.353. The van der Waals surface area contributed by atoms with Gasteiger partial charge in [0.25, 0.3) is 5.56 Å². The van der Waals surface area contributed by atoms with Crippen molar-refractivity contribution in [3.05, 3.63) is 52.3 Å². The van der Waals surface area contributed by atoms with Gasteiger partial charge in [0.1, 0.15) is 17.4 Å². The van der Waals surface area contributed by atoms with Gasteiger partial charge in [0.2, 0.25) is 0 Å². The van der Waals surface area contributed by atoms with Crippen LogP contribution < -0.4 is 15.8 Å². The van der Waals surface area contributed by atoms with Crippen LogP contribution in [0, 0.1) is 17.1 Å². The summed E-state index contributed by atoms with van der Waals surface area (Å²) < 4.78 is 21.0. The molecule has 0 bridgehead atoms. The molecule has 1 N–H and O–H groups in total. The predicted octanol–water partition coefficient (Wildman–Crippen LogP) is 1.11. The smallest absolute Gasteiger partial charge is 0.293 e. The van der Waals surface area contributed by atoms with Crippen LogP contribution >= 0.6 is 0 Å². The van der Waals surface area contributed by atoms with Gasteiger partial charge in [0.05, 0.1) is 18.4 Å². The number of nitriles is 1. The maximum atomic E-state index is 13.8. The average molecular weight is 343 g/mol. The van der Waals surface area contributed by atoms with Crippen LogP contribution in [-0.4, -0.2) is 41.9 Å². The van der Waals surface area contributed by atoms with E-state index < -0.39 is 5.82 Å². The number of aryl methyl sites for hydroxylation is 1. The number of nitrogens with one attached hydrogen (secondary N) is 1. The van der Waals surface area contributed by atoms with Crippen LogP contribution in [0.4, 0.5) is 15.9 Å². The Kier molecular flexibility index (Phi) is 4.95. The fourth-order valence-corrected chi connectivity index (χ4v) is 2.78. The molecule has 0 unspecified atom stereocenters. The van der Waals surface area contributed by atoms with Crippen molar-refractivity contribution in [3.63, 3.8) is 0 Å². The second-order valence-electron chi connectivity index (χ2n) is 5.76. The number of morpholine rings is 1. The third-order valence-corrected chi connectivity index (χ3v) is 4.10. The minimum atomic E-state index is -0.529. The molecule has 0 amide bonds. The Morgan fingerprint density at radius 2 is 2.36 bits per heavy atom. The van der Waals surface area contributed by atoms with Gasteiger partial charge < -0.3 is 19.5 Å². The number of ether oxygens (including phenoxy) is 1. The van der Waals surface area contributed by atoms with E-state index in [4.69, 9.17) is 4.74 Å². The first-order valence-electron chi connectivity index (χ1n) is 7.91. The molecule has 1 atom stereocenters. The Hall–Kier alpha value is -2.92. The van der Waals surface area contributed by atoms with E-state index in [9.17, 15) is 14.4 Å². The molecule has 1 saturated heterocycles. The highest BCUT2D eigenvalue weighted by Gasteiger charge is 2.23. The van der Waals surface area contributed by atoms with E-state index in [0.717, 1.165) is 0 Å². The third-order valence-electron chi connectivity index (χ3n) is 4.10. The van der Waals surface area contributed by atoms with E-state index in [1.807, 2.05) is 11.0 Å². The van der Waals surface area contributed by atoms with E-state index in [1.54, 1.807) is 31.6 Å². The van der Waals surface area contributed by atoms with Crippen molar-refractivity contribution in [2.45, 2.75) is 6.10 Å². The van der Waals surface area contributed by atoms with Crippen LogP contribution in [0.15, 0.2) is 35.4 Å². The standard InChI is InChI=1S/C17H18FN5O2/c1-22-6-5-20-16(17(22)24)21-10-12-11-23(7-8-25-12)15-4-2-3-14(18)13(15)9-19/h2-6,12H,7-8,10-11H2,1H3,(H,20,21)/t12-/m1/s1. The summed E-state index contributed by atoms with van der Waals surface area (Å²) in [5.41, 5.74) is 0.381. The molecule has 2 aromatic rings. The summed E-state index contributed by atoms with van der Waals surface area (Å²) in [4.78, 5) is 17.9. The van der Waals surface area contributed by atoms with Crippen molar-refractivity contribution in [2.24, 2.45) is 7.05 Å². The number of anilines is 2. The summed E-state index contributed by atoms with van der Waals surface area (Å²) >= 11 is 0. The number of aromatic nitrogens is 2. The number of benzene rings is 1. The zero-order valence-corrected chi connectivity index (χ0v) is 13.8. The third kappa shape index (κ3) is 3.61. The first-order valence-corrected chi connectivity index (χ1v) is 7.91. The highest BCUT2D eigenvalue weighted by atomic mass is 19.1. The molecule has 7 nitrogen and oxygen atoms in total. The number of hydrogen-bond acceptors (Lipinski definition) is 6. The lowest BCUT2D eigenvalue weighted by Gasteiger charge is -2.35. The van der Waals surface area contributed by atoms with Crippen LogP contribution in [0.1, 0.15) is 5.56 Å². The Labute approximate surface area is 144 Å². The number of rotatable bonds is 4. The zero-order valence-electron chi connectivity index (χ0n) is 13.8. The van der Waals surface area contributed by atoms with Crippen molar-refractivity contribution in [1.29, 1.82) is 5.26 Å². The second-order valence-corrected chi connectivity index (χ2v) is 5.76. The lowest BCUT2D eigenvalue weighted by atomic mass is 10.1. The molecule has 0 saturated carbocycles. The van der Waals surface area contributed by atoms with Gasteiger partial charge in [-0.2, -0.15) is 5.26 Å². The lowest BCUT2D eigenvalue weighted by Crippen LogP contribution is -2.46. The van der Waals surface area contributed by atoms with Crippen molar-refractivity contribution >= 4 is 11.5 Å². The first kappa shape index (κ1) is 16.9. The van der Waals surface area contributed by atoms with Gasteiger partial charge in [0.15, 0.2) is 5.82 Å². The number of hydrogen-bond donors (Lipinski definition) is 1. The zero-order chi connectivity index (χ0) is 17.8. The monoisotopic (exact) mass is 343 g/mol. The Morgan fingerprint density at radius 1 is 1.52 bits per heavy atom. The molecule has 130 valence electrons. The highest BCUT2D eigenvalue weighted by Crippen LogP contribution is 2.24. The fourth-order valence-electron chi connectivity index (χ4n) is 2.78. The SMILES string of the molecule is Cn1ccnc(NC[C@@H]2CN(c3cccc(F)c3C#N)CCO2)c1=O. The molecule has 1 aromatic heterocycles. The van der Waals surface area contributed by atoms with Crippen molar-refractivity contribution in [3.8, 4) is 6.07 Å². The van der Waals surface area contributed by atoms with E-state index in [0.29, 0.717) is 31.9 Å². The molecule has 0 radical (unpaired) electrons. The molecule has 0 spiro atoms. The molecule has 3 rings (SSSR count). The van der Waals surface area contributed by atoms with E-state index in [2.05, 4.69) is 10.3 Å². The molecule has 2 heterocycles. The summed E-state index contributed by atoms with van der Waals surface area (Å²) in [5.74, 6) is -0.271. The maximum Gasteiger partial charge on any atom is 0.293 e. The summed E-state index contributed by atoms with van der Waals surface area (Å²) in [6, 6.07) is 6.51. The topological polar surface area (TPSA) is 83.2 Å². The van der Waals surface area contributed by atoms with Gasteiger partial charge in [-0.05, 0) is 12.1 Å². The van der Waals surface area contributed by atoms with Gasteiger partial charge in [-0.3, -0.25) is 4.79 Å². The Bertz CT molecular complexity index is 861. The molecule has 0 aliphatic carbocycles. The van der Waals surface area contributed by atoms with Gasteiger partial charge in [-0.1, -0.05) is 6.07 Å². The van der Waals surface area contributed by atoms with Gasteiger partial charge in [-0.25, -0.2) is 9.37 Å². The second kappa shape index (κ2) is 7.32. The van der Waals surface area contributed by atoms with Crippen LogP contribution in [0.5, 0.6) is 0 Å². The summed E-state index contributed by atoms with van der Waals surface area (Å²) in [5, 5.41) is 12.2. The molecule has 8 heteroatoms. The number of nitrogens with zero attached hydrogens (tertiary/aromatic N) is 4. The average Bonchev–Trinajstić information content (AvgIpc) is 2.63. The summed E-state index contributed by atoms with van der Waals surface area (Å²) in [6.45, 7) is 1.90. The highest BCUT2D eigenvalue weighted by molar-refractivity contribution is 5.60. The molecule has 1 aromatic carbocycles. The van der Waals surface area contributed by atoms with Crippen molar-refractivity contribution < 1.29 is 9.13 Å². The minimum absolute atomic E-state index is 0.0368. The Balaban J connectivity index is 1.70. The molecule has 1 aliphatic rings. The molecular weight excluding hydrogens is 325 g/mol. The maximum absolute atomic E-state index is 13.8. The van der Waals surface area contributed by atoms with Gasteiger partial charge in [0, 0.05) is 39.1 Å². The van der Waals surface area contributed by atoms with Crippen molar-refractivity contribution in [2.75, 3.05) is 36.5 Å². The van der Waals surface area contributed by atoms with Crippen LogP contribution in [0.2, 0.25) is 0 Å². The predicted molar refractivity (Wildman–Crippen MR) is 91.0 cm³/mol. The first-order chi connectivity index (χ1) is 12.1. The van der Waals surface area contributed by atoms with Gasteiger partial charge >= 0.3 is 0 Å². The molecule has 1 fully saturated rings. The van der Waals surface area contributed by atoms with Crippen LogP contribution in [0.3, 0.4) is 0 Å². The van der Waals surface area contributed by atoms with E-state index in [-0.39, 0.29) is 23.0 Å². The van der Waals surface area contributed by atoms with E-state index >= 15 is 0 Å². The van der Waals surface area contributed by atoms with Crippen LogP contribution in [-0.2, 0) is 11.8 Å². The quantitative estimate of drug-likeness (QED) is 0.895. The largest absolute Gasteiger partial charge is 0.373 e. The summed E-state index contributed by atoms with van der Waals surface area (Å²) in [7, 11) is 1.65. The van der Waals surface area contributed by atoms with E-state index in [1.165, 1.54) is 10.6 Å².